The quantitative estimate of drug-likeness (QED) is 0.745. The fourth-order valence-electron chi connectivity index (χ4n) is 2.24. The Balaban J connectivity index is 1.75. The Morgan fingerprint density at radius 2 is 2.25 bits per heavy atom. The minimum absolute atomic E-state index is 0.0318. The number of hydrogen-bond donors (Lipinski definition) is 2. The molecular weight excluding hydrogens is 296 g/mol. The van der Waals surface area contributed by atoms with Gasteiger partial charge < -0.3 is 15.3 Å². The van der Waals surface area contributed by atoms with E-state index < -0.39 is 5.97 Å². The maximum absolute atomic E-state index is 10.5. The second kappa shape index (κ2) is 7.80. The zero-order valence-corrected chi connectivity index (χ0v) is 13.2. The Morgan fingerprint density at radius 3 is 2.90 bits per heavy atom. The monoisotopic (exact) mass is 316 g/mol. The lowest BCUT2D eigenvalue weighted by atomic mass is 10.1. The predicted molar refractivity (Wildman–Crippen MR) is 81.6 cm³/mol. The number of nitrogens with zero attached hydrogens (tertiary/aromatic N) is 3. The van der Waals surface area contributed by atoms with Crippen molar-refractivity contribution in [2.75, 3.05) is 30.7 Å². The minimum Gasteiger partial charge on any atom is -0.481 e. The highest BCUT2D eigenvalue weighted by Crippen LogP contribution is 2.26. The van der Waals surface area contributed by atoms with E-state index in [1.165, 1.54) is 36.1 Å². The first-order valence-corrected chi connectivity index (χ1v) is 8.64. The number of carboxylic acids is 1. The maximum Gasteiger partial charge on any atom is 0.313 e. The molecule has 0 unspecified atom stereocenters. The molecule has 0 aromatic carbocycles. The molecule has 2 heterocycles. The number of nitrogens with one attached hydrogen (secondary N) is 1. The molecule has 8 heteroatoms. The number of thioether (sulfide) groups is 1. The van der Waals surface area contributed by atoms with E-state index in [1.54, 1.807) is 0 Å². The molecule has 0 aliphatic carbocycles. The number of aliphatic carboxylic acids is 1. The van der Waals surface area contributed by atoms with Gasteiger partial charge in [0.05, 0.1) is 5.75 Å². The van der Waals surface area contributed by atoms with Crippen LogP contribution in [0.4, 0.5) is 5.13 Å². The van der Waals surface area contributed by atoms with Gasteiger partial charge in [0.25, 0.3) is 0 Å². The first-order valence-electron chi connectivity index (χ1n) is 6.84. The molecule has 0 saturated carbocycles. The zero-order valence-electron chi connectivity index (χ0n) is 11.5. The van der Waals surface area contributed by atoms with Gasteiger partial charge in [0.15, 0.2) is 4.34 Å². The molecule has 1 saturated heterocycles. The van der Waals surface area contributed by atoms with E-state index in [0.29, 0.717) is 10.4 Å². The highest BCUT2D eigenvalue weighted by Gasteiger charge is 2.19. The molecule has 1 aliphatic heterocycles. The summed E-state index contributed by atoms with van der Waals surface area (Å²) in [6, 6.07) is 0.452. The van der Waals surface area contributed by atoms with Crippen LogP contribution in [0.1, 0.15) is 26.2 Å². The molecule has 0 bridgehead atoms. The van der Waals surface area contributed by atoms with Crippen LogP contribution in [0, 0.1) is 0 Å². The van der Waals surface area contributed by atoms with Gasteiger partial charge in [0.1, 0.15) is 0 Å². The number of piperidine rings is 1. The van der Waals surface area contributed by atoms with Crippen molar-refractivity contribution in [3.05, 3.63) is 0 Å². The van der Waals surface area contributed by atoms with Gasteiger partial charge in [-0.3, -0.25) is 4.79 Å². The van der Waals surface area contributed by atoms with Gasteiger partial charge in [-0.1, -0.05) is 30.0 Å². The van der Waals surface area contributed by atoms with Crippen LogP contribution < -0.4 is 5.32 Å². The van der Waals surface area contributed by atoms with Gasteiger partial charge in [-0.15, -0.1) is 10.2 Å². The van der Waals surface area contributed by atoms with Gasteiger partial charge in [-0.25, -0.2) is 0 Å². The highest BCUT2D eigenvalue weighted by molar-refractivity contribution is 8.01. The van der Waals surface area contributed by atoms with Gasteiger partial charge in [-0.05, 0) is 25.8 Å². The molecule has 0 amide bonds. The summed E-state index contributed by atoms with van der Waals surface area (Å²) in [6.45, 7) is 5.65. The lowest BCUT2D eigenvalue weighted by Crippen LogP contribution is -2.39. The fourth-order valence-corrected chi connectivity index (χ4v) is 3.79. The van der Waals surface area contributed by atoms with Crippen molar-refractivity contribution in [2.24, 2.45) is 0 Å². The topological polar surface area (TPSA) is 78.3 Å². The van der Waals surface area contributed by atoms with E-state index in [4.69, 9.17) is 5.11 Å². The highest BCUT2D eigenvalue weighted by atomic mass is 32.2. The predicted octanol–water partition coefficient (Wildman–Crippen LogP) is 2.00. The van der Waals surface area contributed by atoms with Crippen LogP contribution in [0.5, 0.6) is 0 Å². The minimum atomic E-state index is -0.831. The van der Waals surface area contributed by atoms with Crippen molar-refractivity contribution in [3.63, 3.8) is 0 Å². The fraction of sp³-hybridized carbons (Fsp3) is 0.750. The normalized spacial score (nSPS) is 17.2. The number of likely N-dealkylation sites (tertiary alicyclic amines) is 1. The number of hydrogen-bond acceptors (Lipinski definition) is 7. The van der Waals surface area contributed by atoms with Crippen LogP contribution in [0.2, 0.25) is 0 Å². The van der Waals surface area contributed by atoms with Gasteiger partial charge in [0.2, 0.25) is 5.13 Å². The SMILES string of the molecule is CCCN1CCC(Nc2nnc(SCC(=O)O)s2)CC1. The summed E-state index contributed by atoms with van der Waals surface area (Å²) in [5.41, 5.74) is 0. The van der Waals surface area contributed by atoms with Crippen molar-refractivity contribution in [1.82, 2.24) is 15.1 Å². The Hall–Kier alpha value is -0.860. The van der Waals surface area contributed by atoms with Gasteiger partial charge in [0, 0.05) is 19.1 Å². The average molecular weight is 316 g/mol. The van der Waals surface area contributed by atoms with Crippen LogP contribution in [0.25, 0.3) is 0 Å². The third-order valence-electron chi connectivity index (χ3n) is 3.18. The maximum atomic E-state index is 10.5. The Bertz CT molecular complexity index is 433. The molecular formula is C12H20N4O2S2. The summed E-state index contributed by atoms with van der Waals surface area (Å²) in [7, 11) is 0. The van der Waals surface area contributed by atoms with Crippen molar-refractivity contribution in [2.45, 2.75) is 36.6 Å². The third-order valence-corrected chi connectivity index (χ3v) is 5.15. The van der Waals surface area contributed by atoms with E-state index in [9.17, 15) is 4.79 Å². The first-order chi connectivity index (χ1) is 9.67. The summed E-state index contributed by atoms with van der Waals surface area (Å²) in [4.78, 5) is 13.0. The van der Waals surface area contributed by atoms with Crippen LogP contribution >= 0.6 is 23.1 Å². The molecule has 2 N–H and O–H groups in total. The number of rotatable bonds is 7. The smallest absolute Gasteiger partial charge is 0.313 e. The summed E-state index contributed by atoms with van der Waals surface area (Å²) in [5.74, 6) is -0.799. The summed E-state index contributed by atoms with van der Waals surface area (Å²) >= 11 is 2.65. The summed E-state index contributed by atoms with van der Waals surface area (Å²) in [6.07, 6.45) is 3.45. The molecule has 0 radical (unpaired) electrons. The molecule has 6 nitrogen and oxygen atoms in total. The van der Waals surface area contributed by atoms with E-state index in [1.807, 2.05) is 0 Å². The molecule has 112 valence electrons. The Morgan fingerprint density at radius 1 is 1.50 bits per heavy atom. The largest absolute Gasteiger partial charge is 0.481 e. The van der Waals surface area contributed by atoms with Gasteiger partial charge >= 0.3 is 5.97 Å². The number of aromatic nitrogens is 2. The Kier molecular flexibility index (Phi) is 6.06. The molecule has 20 heavy (non-hydrogen) atoms. The standard InChI is InChI=1S/C12H20N4O2S2/c1-2-5-16-6-3-9(4-7-16)13-11-14-15-12(20-11)19-8-10(17)18/h9H,2-8H2,1H3,(H,13,14)(H,17,18). The molecule has 1 aromatic rings. The first kappa shape index (κ1) is 15.5. The molecule has 0 spiro atoms. The van der Waals surface area contributed by atoms with Gasteiger partial charge in [-0.2, -0.15) is 0 Å². The molecule has 1 fully saturated rings. The molecule has 2 rings (SSSR count). The number of anilines is 1. The molecule has 1 aromatic heterocycles. The lowest BCUT2D eigenvalue weighted by Gasteiger charge is -2.31. The summed E-state index contributed by atoms with van der Waals surface area (Å²) < 4.78 is 0.707. The van der Waals surface area contributed by atoms with Crippen LogP contribution in [0.15, 0.2) is 4.34 Å². The zero-order chi connectivity index (χ0) is 14.4. The second-order valence-electron chi connectivity index (χ2n) is 4.82. The molecule has 0 atom stereocenters. The van der Waals surface area contributed by atoms with Crippen molar-refractivity contribution in [3.8, 4) is 0 Å². The third kappa shape index (κ3) is 4.92. The van der Waals surface area contributed by atoms with E-state index in [-0.39, 0.29) is 5.75 Å². The van der Waals surface area contributed by atoms with Crippen LogP contribution in [-0.4, -0.2) is 57.6 Å². The van der Waals surface area contributed by atoms with E-state index >= 15 is 0 Å². The van der Waals surface area contributed by atoms with Crippen LogP contribution in [0.3, 0.4) is 0 Å². The summed E-state index contributed by atoms with van der Waals surface area (Å²) in [5, 5.41) is 20.9. The lowest BCUT2D eigenvalue weighted by molar-refractivity contribution is -0.133. The number of carbonyl (C=O) groups is 1. The van der Waals surface area contributed by atoms with Crippen molar-refractivity contribution >= 4 is 34.2 Å². The number of carboxylic acid groups (broad SMARTS) is 1. The second-order valence-corrected chi connectivity index (χ2v) is 7.02. The van der Waals surface area contributed by atoms with Crippen molar-refractivity contribution in [1.29, 1.82) is 0 Å². The average Bonchev–Trinajstić information content (AvgIpc) is 2.87. The van der Waals surface area contributed by atoms with Crippen molar-refractivity contribution < 1.29 is 9.90 Å². The van der Waals surface area contributed by atoms with E-state index in [2.05, 4.69) is 27.3 Å². The van der Waals surface area contributed by atoms with E-state index in [0.717, 1.165) is 31.1 Å². The molecule has 1 aliphatic rings. The Labute approximate surface area is 127 Å². The van der Waals surface area contributed by atoms with Crippen LogP contribution in [-0.2, 0) is 4.79 Å².